The Kier molecular flexibility index (Phi) is 4.85. The standard InChI is InChI=1S/C12H12N4O6/c17-15(18)21-8-10(22-16(19)20)7-13-12-6-5-9-3-1-2-4-11(9)14-12/h1-6,10H,7-8H2,(H,13,14). The van der Waals surface area contributed by atoms with Crippen molar-refractivity contribution < 1.29 is 19.8 Å². The van der Waals surface area contributed by atoms with E-state index in [0.29, 0.717) is 5.82 Å². The fraction of sp³-hybridized carbons (Fsp3) is 0.250. The molecule has 1 unspecified atom stereocenters. The molecule has 0 amide bonds. The minimum Gasteiger partial charge on any atom is -0.368 e. The van der Waals surface area contributed by atoms with Crippen LogP contribution >= 0.6 is 0 Å². The summed E-state index contributed by atoms with van der Waals surface area (Å²) in [4.78, 5) is 33.2. The van der Waals surface area contributed by atoms with E-state index in [4.69, 9.17) is 0 Å². The lowest BCUT2D eigenvalue weighted by Crippen LogP contribution is -2.31. The first kappa shape index (κ1) is 15.2. The molecule has 10 heteroatoms. The van der Waals surface area contributed by atoms with Gasteiger partial charge in [-0.05, 0) is 18.2 Å². The molecule has 1 N–H and O–H groups in total. The van der Waals surface area contributed by atoms with Gasteiger partial charge in [0, 0.05) is 11.9 Å². The van der Waals surface area contributed by atoms with E-state index in [-0.39, 0.29) is 6.54 Å². The van der Waals surface area contributed by atoms with Crippen molar-refractivity contribution in [1.29, 1.82) is 0 Å². The number of rotatable bonds is 8. The number of hydrogen-bond acceptors (Lipinski definition) is 8. The Balaban J connectivity index is 1.99. The van der Waals surface area contributed by atoms with E-state index >= 15 is 0 Å². The number of aromatic nitrogens is 1. The summed E-state index contributed by atoms with van der Waals surface area (Å²) in [5.74, 6) is 0.469. The highest BCUT2D eigenvalue weighted by Gasteiger charge is 2.15. The molecule has 1 aromatic carbocycles. The summed E-state index contributed by atoms with van der Waals surface area (Å²) < 4.78 is 0. The lowest BCUT2D eigenvalue weighted by molar-refractivity contribution is -0.789. The first-order valence-corrected chi connectivity index (χ1v) is 6.23. The smallest absolute Gasteiger partial charge is 0.294 e. The molecule has 0 aliphatic carbocycles. The topological polar surface area (TPSA) is 130 Å². The molecule has 10 nitrogen and oxygen atoms in total. The minimum atomic E-state index is -1.13. The van der Waals surface area contributed by atoms with E-state index in [0.717, 1.165) is 10.9 Å². The third-order valence-corrected chi connectivity index (χ3v) is 2.71. The van der Waals surface area contributed by atoms with Gasteiger partial charge in [-0.3, -0.25) is 0 Å². The largest absolute Gasteiger partial charge is 0.368 e. The van der Waals surface area contributed by atoms with Crippen LogP contribution < -0.4 is 5.32 Å². The molecule has 0 saturated carbocycles. The monoisotopic (exact) mass is 308 g/mol. The Morgan fingerprint density at radius 1 is 1.14 bits per heavy atom. The molecular weight excluding hydrogens is 296 g/mol. The van der Waals surface area contributed by atoms with Crippen molar-refractivity contribution in [3.05, 3.63) is 56.6 Å². The lowest BCUT2D eigenvalue weighted by Gasteiger charge is -2.15. The Morgan fingerprint density at radius 2 is 1.91 bits per heavy atom. The summed E-state index contributed by atoms with van der Waals surface area (Å²) in [6.07, 6.45) is -1.13. The summed E-state index contributed by atoms with van der Waals surface area (Å²) >= 11 is 0. The van der Waals surface area contributed by atoms with Crippen molar-refractivity contribution in [2.45, 2.75) is 6.10 Å². The van der Waals surface area contributed by atoms with Crippen LogP contribution in [0.4, 0.5) is 5.82 Å². The number of benzene rings is 1. The summed E-state index contributed by atoms with van der Waals surface area (Å²) in [6, 6.07) is 11.0. The predicted molar refractivity (Wildman–Crippen MR) is 75.0 cm³/mol. The van der Waals surface area contributed by atoms with Crippen molar-refractivity contribution >= 4 is 16.7 Å². The molecule has 2 aromatic rings. The van der Waals surface area contributed by atoms with Crippen molar-refractivity contribution in [2.75, 3.05) is 18.5 Å². The molecule has 1 aromatic heterocycles. The van der Waals surface area contributed by atoms with Crippen LogP contribution in [0.1, 0.15) is 0 Å². The number of anilines is 1. The fourth-order valence-electron chi connectivity index (χ4n) is 1.78. The number of fused-ring (bicyclic) bond motifs is 1. The summed E-state index contributed by atoms with van der Waals surface area (Å²) in [7, 11) is 0. The predicted octanol–water partition coefficient (Wildman–Crippen LogP) is 1.43. The van der Waals surface area contributed by atoms with Gasteiger partial charge in [0.1, 0.15) is 18.5 Å². The van der Waals surface area contributed by atoms with Crippen LogP contribution in [0.25, 0.3) is 10.9 Å². The molecule has 22 heavy (non-hydrogen) atoms. The van der Waals surface area contributed by atoms with Gasteiger partial charge in [-0.1, -0.05) is 18.2 Å². The van der Waals surface area contributed by atoms with Crippen LogP contribution in [-0.4, -0.2) is 34.4 Å². The molecule has 0 saturated heterocycles. The van der Waals surface area contributed by atoms with Crippen LogP contribution in [0.15, 0.2) is 36.4 Å². The van der Waals surface area contributed by atoms with Gasteiger partial charge in [0.25, 0.3) is 10.2 Å². The van der Waals surface area contributed by atoms with Crippen molar-refractivity contribution in [3.8, 4) is 0 Å². The van der Waals surface area contributed by atoms with Gasteiger partial charge < -0.3 is 15.0 Å². The van der Waals surface area contributed by atoms with Crippen LogP contribution in [-0.2, 0) is 9.68 Å². The van der Waals surface area contributed by atoms with Crippen LogP contribution in [0.3, 0.4) is 0 Å². The fourth-order valence-corrected chi connectivity index (χ4v) is 1.78. The second-order valence-electron chi connectivity index (χ2n) is 4.24. The third kappa shape index (κ3) is 4.44. The van der Waals surface area contributed by atoms with E-state index in [1.54, 1.807) is 6.07 Å². The summed E-state index contributed by atoms with van der Waals surface area (Å²) in [5.41, 5.74) is 0.751. The Morgan fingerprint density at radius 3 is 2.64 bits per heavy atom. The average Bonchev–Trinajstić information content (AvgIpc) is 2.49. The average molecular weight is 308 g/mol. The summed E-state index contributed by atoms with van der Waals surface area (Å²) in [5, 5.41) is 22.2. The van der Waals surface area contributed by atoms with E-state index in [1.807, 2.05) is 30.3 Å². The van der Waals surface area contributed by atoms with Gasteiger partial charge >= 0.3 is 0 Å². The van der Waals surface area contributed by atoms with E-state index in [1.165, 1.54) is 0 Å². The van der Waals surface area contributed by atoms with Crippen molar-refractivity contribution in [2.24, 2.45) is 0 Å². The highest BCUT2D eigenvalue weighted by molar-refractivity contribution is 5.79. The number of nitrogens with zero attached hydrogens (tertiary/aromatic N) is 3. The maximum absolute atomic E-state index is 10.4. The first-order valence-electron chi connectivity index (χ1n) is 6.23. The normalized spacial score (nSPS) is 11.6. The van der Waals surface area contributed by atoms with Gasteiger partial charge in [-0.15, -0.1) is 20.2 Å². The molecule has 0 fully saturated rings. The quantitative estimate of drug-likeness (QED) is 0.572. The SMILES string of the molecule is O=[N+]([O-])OCC(CNc1ccc2ccccc2n1)O[N+](=O)[O-]. The molecule has 2 rings (SSSR count). The molecule has 1 atom stereocenters. The van der Waals surface area contributed by atoms with Gasteiger partial charge in [0.05, 0.1) is 5.52 Å². The van der Waals surface area contributed by atoms with E-state index < -0.39 is 22.9 Å². The Bertz CT molecular complexity index is 679. The van der Waals surface area contributed by atoms with E-state index in [2.05, 4.69) is 20.0 Å². The highest BCUT2D eigenvalue weighted by atomic mass is 17.0. The zero-order valence-electron chi connectivity index (χ0n) is 11.2. The van der Waals surface area contributed by atoms with Gasteiger partial charge in [-0.2, -0.15) is 0 Å². The zero-order valence-corrected chi connectivity index (χ0v) is 11.2. The molecule has 0 spiro atoms. The van der Waals surface area contributed by atoms with Crippen LogP contribution in [0.2, 0.25) is 0 Å². The van der Waals surface area contributed by atoms with Crippen molar-refractivity contribution in [1.82, 2.24) is 4.98 Å². The number of para-hydroxylation sites is 1. The lowest BCUT2D eigenvalue weighted by atomic mass is 10.2. The summed E-state index contributed by atoms with van der Waals surface area (Å²) in [6.45, 7) is -0.630. The van der Waals surface area contributed by atoms with Crippen LogP contribution in [0, 0.1) is 20.2 Å². The van der Waals surface area contributed by atoms with Crippen molar-refractivity contribution in [3.63, 3.8) is 0 Å². The molecule has 0 aliphatic rings. The van der Waals surface area contributed by atoms with Gasteiger partial charge in [0.2, 0.25) is 0 Å². The number of hydrogen-bond donors (Lipinski definition) is 1. The Hall–Kier alpha value is -3.17. The minimum absolute atomic E-state index is 0.0693. The van der Waals surface area contributed by atoms with E-state index in [9.17, 15) is 20.2 Å². The van der Waals surface area contributed by atoms with Gasteiger partial charge in [-0.25, -0.2) is 4.98 Å². The molecule has 116 valence electrons. The second kappa shape index (κ2) is 7.02. The first-order chi connectivity index (χ1) is 10.5. The highest BCUT2D eigenvalue weighted by Crippen LogP contribution is 2.14. The molecular formula is C12H12N4O6. The third-order valence-electron chi connectivity index (χ3n) is 2.71. The molecule has 0 aliphatic heterocycles. The Labute approximate surface area is 123 Å². The van der Waals surface area contributed by atoms with Crippen LogP contribution in [0.5, 0.6) is 0 Å². The maximum Gasteiger partial charge on any atom is 0.294 e. The number of pyridine rings is 1. The molecule has 0 radical (unpaired) electrons. The number of nitrogens with one attached hydrogen (secondary N) is 1. The second-order valence-corrected chi connectivity index (χ2v) is 4.24. The zero-order chi connectivity index (χ0) is 15.9. The maximum atomic E-state index is 10.4. The van der Waals surface area contributed by atoms with Gasteiger partial charge in [0.15, 0.2) is 0 Å². The molecule has 1 heterocycles. The molecule has 0 bridgehead atoms.